The van der Waals surface area contributed by atoms with Gasteiger partial charge in [-0.3, -0.25) is 0 Å². The smallest absolute Gasteiger partial charge is 0.190 e. The maximum absolute atomic E-state index is 5.95. The van der Waals surface area contributed by atoms with Crippen LogP contribution in [-0.4, -0.2) is 42.8 Å². The molecular weight excluding hydrogens is 212 g/mol. The van der Waals surface area contributed by atoms with Crippen LogP contribution in [0, 0.1) is 0 Å². The minimum atomic E-state index is -0.612. The molecule has 3 aliphatic heterocycles. The predicted octanol–water partition coefficient (Wildman–Crippen LogP) is 1.02. The highest BCUT2D eigenvalue weighted by Gasteiger charge is 2.64. The van der Waals surface area contributed by atoms with E-state index in [-0.39, 0.29) is 12.4 Å². The van der Waals surface area contributed by atoms with Crippen LogP contribution in [0.1, 0.15) is 27.7 Å². The molecule has 3 aliphatic rings. The Morgan fingerprint density at radius 3 is 2.31 bits per heavy atom. The van der Waals surface area contributed by atoms with Crippen LogP contribution in [0.4, 0.5) is 0 Å². The molecule has 0 aromatic rings. The van der Waals surface area contributed by atoms with E-state index < -0.39 is 17.2 Å². The third kappa shape index (κ3) is 1.50. The van der Waals surface area contributed by atoms with Crippen LogP contribution in [0.25, 0.3) is 0 Å². The fourth-order valence-corrected chi connectivity index (χ4v) is 2.57. The van der Waals surface area contributed by atoms with Crippen molar-refractivity contribution < 1.29 is 23.7 Å². The van der Waals surface area contributed by atoms with Crippen molar-refractivity contribution in [3.8, 4) is 0 Å². The Balaban J connectivity index is 1.84. The molecule has 1 spiro atoms. The van der Waals surface area contributed by atoms with Crippen molar-refractivity contribution in [1.82, 2.24) is 0 Å². The van der Waals surface area contributed by atoms with E-state index in [1.165, 1.54) is 0 Å². The number of hydrogen-bond donors (Lipinski definition) is 0. The third-order valence-corrected chi connectivity index (χ3v) is 3.18. The average Bonchev–Trinajstić information content (AvgIpc) is 2.69. The van der Waals surface area contributed by atoms with Gasteiger partial charge in [0.1, 0.15) is 11.7 Å². The van der Waals surface area contributed by atoms with Gasteiger partial charge >= 0.3 is 0 Å². The molecule has 3 rings (SSSR count). The zero-order chi connectivity index (χ0) is 11.6. The standard InChI is InChI=1S/C11H18O5/c1-9(2)13-6-11(16-9)5-12-8-7(11)14-10(3,4)15-8/h7-8H,5-6H2,1-4H3/t7-,8-,11-/m0/s1. The van der Waals surface area contributed by atoms with Gasteiger partial charge in [-0.2, -0.15) is 0 Å². The number of fused-ring (bicyclic) bond motifs is 2. The Morgan fingerprint density at radius 1 is 0.938 bits per heavy atom. The van der Waals surface area contributed by atoms with E-state index in [2.05, 4.69) is 0 Å². The summed E-state index contributed by atoms with van der Waals surface area (Å²) in [6.07, 6.45) is -0.545. The summed E-state index contributed by atoms with van der Waals surface area (Å²) in [7, 11) is 0. The molecule has 0 saturated carbocycles. The zero-order valence-corrected chi connectivity index (χ0v) is 10.1. The van der Waals surface area contributed by atoms with E-state index in [1.807, 2.05) is 27.7 Å². The summed E-state index contributed by atoms with van der Waals surface area (Å²) in [5, 5.41) is 0. The van der Waals surface area contributed by atoms with Crippen molar-refractivity contribution in [3.05, 3.63) is 0 Å². The van der Waals surface area contributed by atoms with E-state index in [4.69, 9.17) is 23.7 Å². The van der Waals surface area contributed by atoms with Crippen LogP contribution in [0.2, 0.25) is 0 Å². The molecule has 3 fully saturated rings. The molecule has 3 heterocycles. The molecule has 3 atom stereocenters. The van der Waals surface area contributed by atoms with Crippen LogP contribution >= 0.6 is 0 Å². The first kappa shape index (κ1) is 10.9. The molecule has 0 radical (unpaired) electrons. The monoisotopic (exact) mass is 230 g/mol. The third-order valence-electron chi connectivity index (χ3n) is 3.18. The SMILES string of the molecule is CC1(C)O[C@@H]2OC[C@]3(COC(C)(C)O3)[C@H]2O1. The summed E-state index contributed by atoms with van der Waals surface area (Å²) in [6, 6.07) is 0. The molecule has 92 valence electrons. The van der Waals surface area contributed by atoms with Gasteiger partial charge in [-0.05, 0) is 27.7 Å². The summed E-state index contributed by atoms with van der Waals surface area (Å²) in [4.78, 5) is 0. The molecule has 5 nitrogen and oxygen atoms in total. The lowest BCUT2D eigenvalue weighted by molar-refractivity contribution is -0.225. The van der Waals surface area contributed by atoms with Crippen molar-refractivity contribution in [2.24, 2.45) is 0 Å². The minimum Gasteiger partial charge on any atom is -0.347 e. The Morgan fingerprint density at radius 2 is 1.69 bits per heavy atom. The molecule has 0 bridgehead atoms. The molecule has 0 aliphatic carbocycles. The lowest BCUT2D eigenvalue weighted by Gasteiger charge is -2.28. The first-order valence-corrected chi connectivity index (χ1v) is 5.63. The molecule has 5 heteroatoms. The maximum Gasteiger partial charge on any atom is 0.190 e. The number of ether oxygens (including phenoxy) is 5. The van der Waals surface area contributed by atoms with Crippen molar-refractivity contribution in [3.63, 3.8) is 0 Å². The number of hydrogen-bond acceptors (Lipinski definition) is 5. The van der Waals surface area contributed by atoms with Gasteiger partial charge in [-0.25, -0.2) is 0 Å². The summed E-state index contributed by atoms with van der Waals surface area (Å²) in [5.41, 5.74) is -0.512. The molecule has 3 saturated heterocycles. The van der Waals surface area contributed by atoms with E-state index in [9.17, 15) is 0 Å². The molecule has 0 amide bonds. The maximum atomic E-state index is 5.95. The van der Waals surface area contributed by atoms with Crippen LogP contribution in [0.3, 0.4) is 0 Å². The lowest BCUT2D eigenvalue weighted by atomic mass is 10.0. The van der Waals surface area contributed by atoms with Gasteiger partial charge < -0.3 is 23.7 Å². The molecular formula is C11H18O5. The van der Waals surface area contributed by atoms with E-state index >= 15 is 0 Å². The summed E-state index contributed by atoms with van der Waals surface area (Å²) < 4.78 is 28.7. The molecule has 16 heavy (non-hydrogen) atoms. The lowest BCUT2D eigenvalue weighted by Crippen LogP contribution is -2.47. The van der Waals surface area contributed by atoms with Gasteiger partial charge in [0.25, 0.3) is 0 Å². The fraction of sp³-hybridized carbons (Fsp3) is 1.00. The van der Waals surface area contributed by atoms with Gasteiger partial charge in [-0.15, -0.1) is 0 Å². The Bertz CT molecular complexity index is 311. The van der Waals surface area contributed by atoms with E-state index in [0.29, 0.717) is 13.2 Å². The Labute approximate surface area is 94.9 Å². The topological polar surface area (TPSA) is 46.2 Å². The second-order valence-electron chi connectivity index (χ2n) is 5.59. The molecule has 0 aromatic heterocycles. The average molecular weight is 230 g/mol. The fourth-order valence-electron chi connectivity index (χ4n) is 2.57. The highest BCUT2D eigenvalue weighted by atomic mass is 16.9. The Hall–Kier alpha value is -0.200. The van der Waals surface area contributed by atoms with Gasteiger partial charge in [0.15, 0.2) is 17.9 Å². The van der Waals surface area contributed by atoms with Crippen molar-refractivity contribution in [1.29, 1.82) is 0 Å². The van der Waals surface area contributed by atoms with Crippen LogP contribution in [-0.2, 0) is 23.7 Å². The predicted molar refractivity (Wildman–Crippen MR) is 53.6 cm³/mol. The highest BCUT2D eigenvalue weighted by molar-refractivity contribution is 5.03. The quantitative estimate of drug-likeness (QED) is 0.621. The molecule has 0 unspecified atom stereocenters. The molecule has 0 N–H and O–H groups in total. The van der Waals surface area contributed by atoms with Gasteiger partial charge in [-0.1, -0.05) is 0 Å². The second kappa shape index (κ2) is 2.97. The normalized spacial score (nSPS) is 48.8. The van der Waals surface area contributed by atoms with Gasteiger partial charge in [0.05, 0.1) is 13.2 Å². The summed E-state index contributed by atoms with van der Waals surface area (Å²) >= 11 is 0. The highest BCUT2D eigenvalue weighted by Crippen LogP contribution is 2.46. The summed E-state index contributed by atoms with van der Waals surface area (Å²) in [6.45, 7) is 8.50. The minimum absolute atomic E-state index is 0.204. The van der Waals surface area contributed by atoms with Crippen molar-refractivity contribution in [2.75, 3.05) is 13.2 Å². The van der Waals surface area contributed by atoms with Crippen LogP contribution in [0.5, 0.6) is 0 Å². The number of rotatable bonds is 0. The van der Waals surface area contributed by atoms with Crippen molar-refractivity contribution in [2.45, 2.75) is 57.3 Å². The van der Waals surface area contributed by atoms with Crippen LogP contribution < -0.4 is 0 Å². The van der Waals surface area contributed by atoms with Gasteiger partial charge in [0, 0.05) is 0 Å². The summed E-state index contributed by atoms with van der Waals surface area (Å²) in [5.74, 6) is -1.19. The van der Waals surface area contributed by atoms with Crippen LogP contribution in [0.15, 0.2) is 0 Å². The van der Waals surface area contributed by atoms with Crippen molar-refractivity contribution >= 4 is 0 Å². The largest absolute Gasteiger partial charge is 0.347 e. The van der Waals surface area contributed by atoms with Gasteiger partial charge in [0.2, 0.25) is 0 Å². The Kier molecular flexibility index (Phi) is 2.03. The second-order valence-corrected chi connectivity index (χ2v) is 5.59. The zero-order valence-electron chi connectivity index (χ0n) is 10.1. The van der Waals surface area contributed by atoms with E-state index in [0.717, 1.165) is 0 Å². The van der Waals surface area contributed by atoms with E-state index in [1.54, 1.807) is 0 Å². The molecule has 0 aromatic carbocycles. The first-order chi connectivity index (χ1) is 7.32. The first-order valence-electron chi connectivity index (χ1n) is 5.63.